The highest BCUT2D eigenvalue weighted by molar-refractivity contribution is 8.00. The van der Waals surface area contributed by atoms with Crippen molar-refractivity contribution < 1.29 is 9.53 Å². The van der Waals surface area contributed by atoms with E-state index in [9.17, 15) is 4.79 Å². The molecule has 0 spiro atoms. The van der Waals surface area contributed by atoms with Crippen molar-refractivity contribution in [1.82, 2.24) is 5.32 Å². The highest BCUT2D eigenvalue weighted by Crippen LogP contribution is 2.23. The predicted molar refractivity (Wildman–Crippen MR) is 91.2 cm³/mol. The molecule has 4 heteroatoms. The molecule has 1 atom stereocenters. The number of aryl methyl sites for hydroxylation is 1. The monoisotopic (exact) mass is 309 g/mol. The van der Waals surface area contributed by atoms with Gasteiger partial charge in [0.05, 0.1) is 0 Å². The van der Waals surface area contributed by atoms with Gasteiger partial charge >= 0.3 is 0 Å². The number of amides is 1. The van der Waals surface area contributed by atoms with Crippen LogP contribution in [0.1, 0.15) is 38.8 Å². The van der Waals surface area contributed by atoms with Crippen molar-refractivity contribution in [3.05, 3.63) is 29.3 Å². The normalized spacial score (nSPS) is 12.9. The first-order valence-corrected chi connectivity index (χ1v) is 8.34. The molecule has 1 unspecified atom stereocenters. The first-order chi connectivity index (χ1) is 9.70. The summed E-state index contributed by atoms with van der Waals surface area (Å²) < 4.78 is 5.99. The summed E-state index contributed by atoms with van der Waals surface area (Å²) in [6, 6.07) is 5.89. The highest BCUT2D eigenvalue weighted by Gasteiger charge is 2.16. The van der Waals surface area contributed by atoms with Gasteiger partial charge in [-0.15, -0.1) is 0 Å². The van der Waals surface area contributed by atoms with E-state index in [2.05, 4.69) is 26.1 Å². The summed E-state index contributed by atoms with van der Waals surface area (Å²) >= 11 is 1.84. The SMILES string of the molecule is Cc1cccc(OC(C)C(=O)NCCSC(C)(C)C)c1C. The number of hydrogen-bond donors (Lipinski definition) is 1. The molecular formula is C17H27NO2S. The Balaban J connectivity index is 2.43. The molecule has 1 amide bonds. The van der Waals surface area contributed by atoms with Crippen LogP contribution in [0.2, 0.25) is 0 Å². The molecule has 0 aliphatic rings. The zero-order valence-corrected chi connectivity index (χ0v) is 14.8. The lowest BCUT2D eigenvalue weighted by atomic mass is 10.1. The molecule has 118 valence electrons. The second-order valence-electron chi connectivity index (χ2n) is 6.21. The fourth-order valence-corrected chi connectivity index (χ4v) is 2.59. The first-order valence-electron chi connectivity index (χ1n) is 7.35. The van der Waals surface area contributed by atoms with Gasteiger partial charge in [0.15, 0.2) is 6.10 Å². The Morgan fingerprint density at radius 2 is 2.00 bits per heavy atom. The van der Waals surface area contributed by atoms with Crippen molar-refractivity contribution >= 4 is 17.7 Å². The maximum Gasteiger partial charge on any atom is 0.260 e. The van der Waals surface area contributed by atoms with Crippen LogP contribution in [0, 0.1) is 13.8 Å². The average molecular weight is 309 g/mol. The number of rotatable bonds is 6. The van der Waals surface area contributed by atoms with E-state index in [1.165, 1.54) is 5.56 Å². The molecule has 0 radical (unpaired) electrons. The molecule has 0 aliphatic carbocycles. The third-order valence-corrected chi connectivity index (χ3v) is 4.44. The van der Waals surface area contributed by atoms with E-state index in [0.29, 0.717) is 6.54 Å². The van der Waals surface area contributed by atoms with Crippen LogP contribution in [0.15, 0.2) is 18.2 Å². The minimum atomic E-state index is -0.481. The van der Waals surface area contributed by atoms with Crippen LogP contribution in [0.3, 0.4) is 0 Å². The minimum Gasteiger partial charge on any atom is -0.481 e. The molecule has 1 aromatic rings. The van der Waals surface area contributed by atoms with Gasteiger partial charge in [0.2, 0.25) is 0 Å². The standard InChI is InChI=1S/C17H27NO2S/c1-12-8-7-9-15(13(12)2)20-14(3)16(19)18-10-11-21-17(4,5)6/h7-9,14H,10-11H2,1-6H3,(H,18,19). The second-order valence-corrected chi connectivity index (χ2v) is 8.13. The van der Waals surface area contributed by atoms with E-state index in [1.807, 2.05) is 43.8 Å². The van der Waals surface area contributed by atoms with Crippen LogP contribution in [-0.2, 0) is 4.79 Å². The van der Waals surface area contributed by atoms with Gasteiger partial charge in [0.25, 0.3) is 5.91 Å². The zero-order chi connectivity index (χ0) is 16.0. The summed E-state index contributed by atoms with van der Waals surface area (Å²) in [6.45, 7) is 13.0. The van der Waals surface area contributed by atoms with E-state index < -0.39 is 6.10 Å². The fraction of sp³-hybridized carbons (Fsp3) is 0.588. The van der Waals surface area contributed by atoms with Gasteiger partial charge in [0.1, 0.15) is 5.75 Å². The van der Waals surface area contributed by atoms with Crippen molar-refractivity contribution in [2.75, 3.05) is 12.3 Å². The first kappa shape index (κ1) is 17.9. The quantitative estimate of drug-likeness (QED) is 0.814. The van der Waals surface area contributed by atoms with Crippen LogP contribution in [-0.4, -0.2) is 29.1 Å². The second kappa shape index (κ2) is 7.74. The van der Waals surface area contributed by atoms with Crippen LogP contribution >= 0.6 is 11.8 Å². The third-order valence-electron chi connectivity index (χ3n) is 3.16. The smallest absolute Gasteiger partial charge is 0.260 e. The molecule has 0 saturated heterocycles. The summed E-state index contributed by atoms with van der Waals surface area (Å²) in [5, 5.41) is 2.92. The number of carbonyl (C=O) groups excluding carboxylic acids is 1. The lowest BCUT2D eigenvalue weighted by Crippen LogP contribution is -2.37. The number of benzene rings is 1. The Morgan fingerprint density at radius 3 is 2.62 bits per heavy atom. The number of carbonyl (C=O) groups is 1. The average Bonchev–Trinajstić information content (AvgIpc) is 2.38. The number of hydrogen-bond acceptors (Lipinski definition) is 3. The molecule has 1 rings (SSSR count). The van der Waals surface area contributed by atoms with Crippen molar-refractivity contribution in [1.29, 1.82) is 0 Å². The number of nitrogens with one attached hydrogen (secondary N) is 1. The molecule has 0 aliphatic heterocycles. The molecule has 0 fully saturated rings. The molecular weight excluding hydrogens is 282 g/mol. The van der Waals surface area contributed by atoms with Crippen molar-refractivity contribution in [2.24, 2.45) is 0 Å². The van der Waals surface area contributed by atoms with Crippen molar-refractivity contribution in [3.8, 4) is 5.75 Å². The fourth-order valence-electron chi connectivity index (χ4n) is 1.77. The van der Waals surface area contributed by atoms with E-state index >= 15 is 0 Å². The van der Waals surface area contributed by atoms with Gasteiger partial charge < -0.3 is 10.1 Å². The van der Waals surface area contributed by atoms with E-state index in [1.54, 1.807) is 6.92 Å². The number of thioether (sulfide) groups is 1. The molecule has 3 nitrogen and oxygen atoms in total. The van der Waals surface area contributed by atoms with Gasteiger partial charge in [-0.2, -0.15) is 11.8 Å². The summed E-state index contributed by atoms with van der Waals surface area (Å²) in [6.07, 6.45) is -0.481. The Hall–Kier alpha value is -1.16. The van der Waals surface area contributed by atoms with Crippen molar-refractivity contribution in [2.45, 2.75) is 52.4 Å². The molecule has 0 saturated carbocycles. The minimum absolute atomic E-state index is 0.0644. The topological polar surface area (TPSA) is 38.3 Å². The van der Waals surface area contributed by atoms with Crippen LogP contribution in [0.5, 0.6) is 5.75 Å². The highest BCUT2D eigenvalue weighted by atomic mass is 32.2. The van der Waals surface area contributed by atoms with Crippen LogP contribution < -0.4 is 10.1 Å². The molecule has 0 bridgehead atoms. The van der Waals surface area contributed by atoms with Crippen LogP contribution in [0.25, 0.3) is 0 Å². The maximum atomic E-state index is 12.0. The Labute approximate surface area is 132 Å². The van der Waals surface area contributed by atoms with E-state index in [0.717, 1.165) is 17.1 Å². The molecule has 21 heavy (non-hydrogen) atoms. The lowest BCUT2D eigenvalue weighted by molar-refractivity contribution is -0.127. The lowest BCUT2D eigenvalue weighted by Gasteiger charge is -2.19. The van der Waals surface area contributed by atoms with E-state index in [4.69, 9.17) is 4.74 Å². The Morgan fingerprint density at radius 1 is 1.33 bits per heavy atom. The van der Waals surface area contributed by atoms with Crippen molar-refractivity contribution in [3.63, 3.8) is 0 Å². The van der Waals surface area contributed by atoms with Gasteiger partial charge in [-0.05, 0) is 38.0 Å². The summed E-state index contributed by atoms with van der Waals surface area (Å²) in [5.74, 6) is 1.62. The van der Waals surface area contributed by atoms with Gasteiger partial charge in [-0.3, -0.25) is 4.79 Å². The Bertz CT molecular complexity index is 480. The molecule has 0 aromatic heterocycles. The van der Waals surface area contributed by atoms with Gasteiger partial charge in [0, 0.05) is 17.0 Å². The summed E-state index contributed by atoms with van der Waals surface area (Å²) in [5.41, 5.74) is 2.25. The summed E-state index contributed by atoms with van der Waals surface area (Å²) in [4.78, 5) is 12.0. The molecule has 0 heterocycles. The maximum absolute atomic E-state index is 12.0. The van der Waals surface area contributed by atoms with Gasteiger partial charge in [-0.25, -0.2) is 0 Å². The number of ether oxygens (including phenoxy) is 1. The third kappa shape index (κ3) is 6.42. The molecule has 1 aromatic carbocycles. The Kier molecular flexibility index (Phi) is 6.59. The largest absolute Gasteiger partial charge is 0.481 e. The zero-order valence-electron chi connectivity index (χ0n) is 13.9. The predicted octanol–water partition coefficient (Wildman–Crippen LogP) is 3.72. The molecule has 1 N–H and O–H groups in total. The van der Waals surface area contributed by atoms with Gasteiger partial charge in [-0.1, -0.05) is 32.9 Å². The summed E-state index contributed by atoms with van der Waals surface area (Å²) in [7, 11) is 0. The van der Waals surface area contributed by atoms with Crippen LogP contribution in [0.4, 0.5) is 0 Å². The van der Waals surface area contributed by atoms with E-state index in [-0.39, 0.29) is 10.7 Å².